The smallest absolute Gasteiger partial charge is 0.309 e. The van der Waals surface area contributed by atoms with Crippen LogP contribution >= 0.6 is 0 Å². The van der Waals surface area contributed by atoms with Crippen LogP contribution in [0.3, 0.4) is 0 Å². The molecule has 0 aromatic heterocycles. The average molecular weight is 318 g/mol. The predicted molar refractivity (Wildman–Crippen MR) is 86.0 cm³/mol. The number of nitrogens with zero attached hydrogens (tertiary/aromatic N) is 2. The summed E-state index contributed by atoms with van der Waals surface area (Å²) >= 11 is 0. The molecule has 124 valence electrons. The van der Waals surface area contributed by atoms with Gasteiger partial charge in [-0.05, 0) is 38.0 Å². The molecule has 0 heterocycles. The van der Waals surface area contributed by atoms with Gasteiger partial charge in [0, 0.05) is 18.8 Å². The Morgan fingerprint density at radius 1 is 1.39 bits per heavy atom. The Balaban J connectivity index is 3.23. The van der Waals surface area contributed by atoms with Crippen molar-refractivity contribution in [2.75, 3.05) is 19.8 Å². The lowest BCUT2D eigenvalue weighted by atomic mass is 9.98. The van der Waals surface area contributed by atoms with Gasteiger partial charge in [0.2, 0.25) is 0 Å². The second-order valence-corrected chi connectivity index (χ2v) is 4.77. The first-order valence-corrected chi connectivity index (χ1v) is 7.48. The molecule has 0 amide bonds. The van der Waals surface area contributed by atoms with Crippen molar-refractivity contribution in [3.05, 3.63) is 34.9 Å². The van der Waals surface area contributed by atoms with Gasteiger partial charge in [-0.15, -0.1) is 0 Å². The van der Waals surface area contributed by atoms with E-state index >= 15 is 0 Å². The van der Waals surface area contributed by atoms with Crippen LogP contribution in [0.4, 0.5) is 0 Å². The highest BCUT2D eigenvalue weighted by molar-refractivity contribution is 6.03. The van der Waals surface area contributed by atoms with E-state index in [-0.39, 0.29) is 26.2 Å². The molecule has 23 heavy (non-hydrogen) atoms. The molecule has 1 aromatic carbocycles. The van der Waals surface area contributed by atoms with E-state index in [1.165, 1.54) is 0 Å². The maximum atomic E-state index is 10.5. The van der Waals surface area contributed by atoms with Crippen LogP contribution in [0.15, 0.2) is 23.2 Å². The molecule has 1 aromatic rings. The van der Waals surface area contributed by atoms with E-state index in [1.807, 2.05) is 13.0 Å². The van der Waals surface area contributed by atoms with Crippen LogP contribution in [-0.2, 0) is 20.2 Å². The molecule has 0 saturated heterocycles. The monoisotopic (exact) mass is 318 g/mol. The SMILES string of the molecule is CCOC(O)(OCC)c1ccc(C(CC#N)=NCC=O)c(C)c1. The highest BCUT2D eigenvalue weighted by atomic mass is 16.8. The molecule has 6 heteroatoms. The second-order valence-electron chi connectivity index (χ2n) is 4.77. The summed E-state index contributed by atoms with van der Waals surface area (Å²) in [6, 6.07) is 7.19. The van der Waals surface area contributed by atoms with Crippen LogP contribution in [0.2, 0.25) is 0 Å². The fourth-order valence-corrected chi connectivity index (χ4v) is 2.24. The Bertz CT molecular complexity index is 599. The minimum Gasteiger partial charge on any atom is -0.339 e. The van der Waals surface area contributed by atoms with E-state index < -0.39 is 5.97 Å². The highest BCUT2D eigenvalue weighted by Crippen LogP contribution is 2.27. The van der Waals surface area contributed by atoms with Gasteiger partial charge in [0.25, 0.3) is 0 Å². The summed E-state index contributed by atoms with van der Waals surface area (Å²) in [6.07, 6.45) is 0.791. The van der Waals surface area contributed by atoms with Crippen LogP contribution in [-0.4, -0.2) is 36.9 Å². The van der Waals surface area contributed by atoms with Crippen LogP contribution in [0, 0.1) is 18.3 Å². The third-order valence-corrected chi connectivity index (χ3v) is 3.19. The van der Waals surface area contributed by atoms with Crippen molar-refractivity contribution in [2.24, 2.45) is 4.99 Å². The van der Waals surface area contributed by atoms with Gasteiger partial charge in [-0.1, -0.05) is 12.1 Å². The number of nitriles is 1. The minimum absolute atomic E-state index is 0.0139. The lowest BCUT2D eigenvalue weighted by molar-refractivity contribution is -0.370. The van der Waals surface area contributed by atoms with Gasteiger partial charge >= 0.3 is 5.97 Å². The molecular weight excluding hydrogens is 296 g/mol. The summed E-state index contributed by atoms with van der Waals surface area (Å²) in [5.74, 6) is -1.80. The van der Waals surface area contributed by atoms with E-state index in [2.05, 4.69) is 4.99 Å². The summed E-state index contributed by atoms with van der Waals surface area (Å²) in [5.41, 5.74) is 2.57. The number of rotatable bonds is 9. The first kappa shape index (κ1) is 19.0. The summed E-state index contributed by atoms with van der Waals surface area (Å²) in [4.78, 5) is 14.6. The van der Waals surface area contributed by atoms with Gasteiger partial charge in [0.15, 0.2) is 0 Å². The van der Waals surface area contributed by atoms with Gasteiger partial charge in [-0.25, -0.2) is 0 Å². The van der Waals surface area contributed by atoms with Crippen molar-refractivity contribution < 1.29 is 19.4 Å². The number of ether oxygens (including phenoxy) is 2. The van der Waals surface area contributed by atoms with E-state index in [9.17, 15) is 9.90 Å². The third kappa shape index (κ3) is 4.96. The highest BCUT2D eigenvalue weighted by Gasteiger charge is 2.31. The van der Waals surface area contributed by atoms with Crippen LogP contribution in [0.25, 0.3) is 0 Å². The number of aryl methyl sites for hydroxylation is 1. The molecule has 0 aliphatic carbocycles. The molecular formula is C17H22N2O4. The van der Waals surface area contributed by atoms with Crippen molar-refractivity contribution in [3.63, 3.8) is 0 Å². The Hall–Kier alpha value is -2.07. The van der Waals surface area contributed by atoms with Crippen molar-refractivity contribution in [1.29, 1.82) is 5.26 Å². The van der Waals surface area contributed by atoms with Gasteiger partial charge < -0.3 is 19.4 Å². The summed E-state index contributed by atoms with van der Waals surface area (Å²) < 4.78 is 10.7. The predicted octanol–water partition coefficient (Wildman–Crippen LogP) is 2.07. The van der Waals surface area contributed by atoms with Gasteiger partial charge in [0.1, 0.15) is 6.29 Å². The van der Waals surface area contributed by atoms with Crippen molar-refractivity contribution in [1.82, 2.24) is 0 Å². The molecule has 0 radical (unpaired) electrons. The fourth-order valence-electron chi connectivity index (χ4n) is 2.24. The molecule has 0 fully saturated rings. The number of aldehydes is 1. The number of carbonyl (C=O) groups is 1. The fraction of sp³-hybridized carbons (Fsp3) is 0.471. The number of benzene rings is 1. The average Bonchev–Trinajstić information content (AvgIpc) is 2.52. The summed E-state index contributed by atoms with van der Waals surface area (Å²) in [5, 5.41) is 19.4. The number of carbonyl (C=O) groups excluding carboxylic acids is 1. The van der Waals surface area contributed by atoms with Crippen LogP contribution in [0.5, 0.6) is 0 Å². The van der Waals surface area contributed by atoms with Crippen molar-refractivity contribution in [2.45, 2.75) is 33.2 Å². The van der Waals surface area contributed by atoms with Gasteiger partial charge in [0.05, 0.1) is 24.7 Å². The zero-order chi connectivity index (χ0) is 17.3. The minimum atomic E-state index is -1.80. The lowest BCUT2D eigenvalue weighted by Crippen LogP contribution is -2.33. The Kier molecular flexibility index (Phi) is 7.55. The topological polar surface area (TPSA) is 91.9 Å². The van der Waals surface area contributed by atoms with Gasteiger partial charge in [-0.3, -0.25) is 4.99 Å². The standard InChI is InChI=1S/C17H22N2O4/c1-4-22-17(21,23-5-2)14-6-7-15(13(3)12-14)16(8-9-18)19-10-11-20/h6-7,11-12,21H,4-5,8,10H2,1-3H3. The second kappa shape index (κ2) is 9.16. The summed E-state index contributed by atoms with van der Waals surface area (Å²) in [7, 11) is 0. The molecule has 0 unspecified atom stereocenters. The zero-order valence-corrected chi connectivity index (χ0v) is 13.7. The normalized spacial score (nSPS) is 12.0. The largest absolute Gasteiger partial charge is 0.339 e. The molecule has 6 nitrogen and oxygen atoms in total. The Labute approximate surface area is 136 Å². The van der Waals surface area contributed by atoms with Gasteiger partial charge in [-0.2, -0.15) is 5.26 Å². The maximum absolute atomic E-state index is 10.5. The van der Waals surface area contributed by atoms with E-state index in [4.69, 9.17) is 14.7 Å². The first-order chi connectivity index (χ1) is 11.0. The van der Waals surface area contributed by atoms with Crippen LogP contribution < -0.4 is 0 Å². The van der Waals surface area contributed by atoms with Crippen molar-refractivity contribution >= 4 is 12.0 Å². The lowest BCUT2D eigenvalue weighted by Gasteiger charge is -2.28. The number of hydrogen-bond acceptors (Lipinski definition) is 6. The molecule has 0 spiro atoms. The van der Waals surface area contributed by atoms with Crippen molar-refractivity contribution in [3.8, 4) is 6.07 Å². The Morgan fingerprint density at radius 3 is 2.52 bits per heavy atom. The molecule has 0 bridgehead atoms. The van der Waals surface area contributed by atoms with E-state index in [1.54, 1.807) is 32.0 Å². The Morgan fingerprint density at radius 2 is 2.04 bits per heavy atom. The summed E-state index contributed by atoms with van der Waals surface area (Å²) in [6.45, 7) is 5.96. The van der Waals surface area contributed by atoms with E-state index in [0.717, 1.165) is 11.1 Å². The quantitative estimate of drug-likeness (QED) is 0.427. The molecule has 0 aliphatic rings. The molecule has 0 saturated carbocycles. The number of aliphatic imine (C=N–C) groups is 1. The number of aliphatic hydroxyl groups is 1. The zero-order valence-electron chi connectivity index (χ0n) is 13.7. The molecule has 1 rings (SSSR count). The molecule has 1 N–H and O–H groups in total. The number of hydrogen-bond donors (Lipinski definition) is 1. The van der Waals surface area contributed by atoms with Crippen LogP contribution in [0.1, 0.15) is 37.0 Å². The third-order valence-electron chi connectivity index (χ3n) is 3.19. The maximum Gasteiger partial charge on any atom is 0.309 e. The molecule has 0 atom stereocenters. The van der Waals surface area contributed by atoms with E-state index in [0.29, 0.717) is 17.6 Å². The first-order valence-electron chi connectivity index (χ1n) is 7.48. The molecule has 0 aliphatic heterocycles.